The standard InChI is InChI=1S/C10H17F3N2O3/c1-9(2,3)7(14)8(18)15(4-6(16)17)5-10(11,12)13/h7H,4-5,14H2,1-3H3,(H,16,17)/t7-/m0/s1. The molecular formula is C10H17F3N2O3. The summed E-state index contributed by atoms with van der Waals surface area (Å²) in [5.74, 6) is -2.55. The van der Waals surface area contributed by atoms with Crippen molar-refractivity contribution in [2.45, 2.75) is 33.0 Å². The Labute approximate surface area is 103 Å². The molecule has 0 aliphatic rings. The summed E-state index contributed by atoms with van der Waals surface area (Å²) in [6.45, 7) is 2.11. The van der Waals surface area contributed by atoms with Crippen LogP contribution < -0.4 is 5.73 Å². The quantitative estimate of drug-likeness (QED) is 0.792. The van der Waals surface area contributed by atoms with E-state index in [4.69, 9.17) is 10.8 Å². The topological polar surface area (TPSA) is 83.6 Å². The molecule has 0 aromatic carbocycles. The molecule has 5 nitrogen and oxygen atoms in total. The average Bonchev–Trinajstić information content (AvgIpc) is 2.09. The first kappa shape index (κ1) is 16.7. The lowest BCUT2D eigenvalue weighted by Gasteiger charge is -2.31. The SMILES string of the molecule is CC(C)(C)[C@@H](N)C(=O)N(CC(=O)O)CC(F)(F)F. The maximum Gasteiger partial charge on any atom is 0.406 e. The number of rotatable bonds is 4. The van der Waals surface area contributed by atoms with Gasteiger partial charge in [0.25, 0.3) is 0 Å². The van der Waals surface area contributed by atoms with Crippen LogP contribution in [0.5, 0.6) is 0 Å². The van der Waals surface area contributed by atoms with Crippen LogP contribution in [0, 0.1) is 5.41 Å². The highest BCUT2D eigenvalue weighted by molar-refractivity contribution is 5.85. The van der Waals surface area contributed by atoms with E-state index in [1.54, 1.807) is 20.8 Å². The van der Waals surface area contributed by atoms with Gasteiger partial charge in [-0.3, -0.25) is 9.59 Å². The lowest BCUT2D eigenvalue weighted by atomic mass is 9.86. The van der Waals surface area contributed by atoms with Crippen LogP contribution in [0.15, 0.2) is 0 Å². The van der Waals surface area contributed by atoms with E-state index in [0.29, 0.717) is 0 Å². The number of carboxylic acids is 1. The van der Waals surface area contributed by atoms with Gasteiger partial charge in [0.2, 0.25) is 5.91 Å². The molecule has 8 heteroatoms. The second-order valence-corrected chi connectivity index (χ2v) is 5.05. The highest BCUT2D eigenvalue weighted by Gasteiger charge is 2.38. The summed E-state index contributed by atoms with van der Waals surface area (Å²) >= 11 is 0. The maximum atomic E-state index is 12.2. The first-order chi connectivity index (χ1) is 7.84. The molecule has 0 fully saturated rings. The molecule has 0 heterocycles. The first-order valence-corrected chi connectivity index (χ1v) is 5.17. The maximum absolute atomic E-state index is 12.2. The van der Waals surface area contributed by atoms with Gasteiger partial charge in [0.15, 0.2) is 0 Å². The van der Waals surface area contributed by atoms with Crippen LogP contribution in [-0.2, 0) is 9.59 Å². The summed E-state index contributed by atoms with van der Waals surface area (Å²) in [4.78, 5) is 22.4. The fraction of sp³-hybridized carbons (Fsp3) is 0.800. The molecule has 0 radical (unpaired) electrons. The lowest BCUT2D eigenvalue weighted by molar-refractivity contribution is -0.167. The summed E-state index contributed by atoms with van der Waals surface area (Å²) in [5.41, 5.74) is 4.79. The van der Waals surface area contributed by atoms with Crippen LogP contribution in [0.25, 0.3) is 0 Å². The lowest BCUT2D eigenvalue weighted by Crippen LogP contribution is -2.53. The highest BCUT2D eigenvalue weighted by Crippen LogP contribution is 2.22. The summed E-state index contributed by atoms with van der Waals surface area (Å²) in [5, 5.41) is 8.51. The van der Waals surface area contributed by atoms with Crippen molar-refractivity contribution >= 4 is 11.9 Å². The summed E-state index contributed by atoms with van der Waals surface area (Å²) < 4.78 is 36.7. The van der Waals surface area contributed by atoms with E-state index >= 15 is 0 Å². The van der Waals surface area contributed by atoms with E-state index in [9.17, 15) is 22.8 Å². The third-order valence-corrected chi connectivity index (χ3v) is 2.21. The highest BCUT2D eigenvalue weighted by atomic mass is 19.4. The van der Waals surface area contributed by atoms with Gasteiger partial charge in [-0.2, -0.15) is 13.2 Å². The second kappa shape index (κ2) is 5.55. The molecule has 0 rings (SSSR count). The zero-order valence-electron chi connectivity index (χ0n) is 10.4. The Morgan fingerprint density at radius 2 is 1.72 bits per heavy atom. The minimum absolute atomic E-state index is 0.207. The van der Waals surface area contributed by atoms with Crippen LogP contribution in [0.4, 0.5) is 13.2 Å². The molecule has 0 aromatic rings. The van der Waals surface area contributed by atoms with E-state index in [1.165, 1.54) is 0 Å². The normalized spacial score (nSPS) is 14.2. The van der Waals surface area contributed by atoms with E-state index in [0.717, 1.165) is 0 Å². The van der Waals surface area contributed by atoms with Gasteiger partial charge >= 0.3 is 12.1 Å². The minimum atomic E-state index is -4.66. The van der Waals surface area contributed by atoms with Gasteiger partial charge in [-0.25, -0.2) is 0 Å². The van der Waals surface area contributed by atoms with E-state index in [-0.39, 0.29) is 4.90 Å². The molecule has 0 aromatic heterocycles. The molecule has 18 heavy (non-hydrogen) atoms. The Balaban J connectivity index is 4.97. The molecule has 0 saturated carbocycles. The number of halogens is 3. The predicted octanol–water partition coefficient (Wildman–Crippen LogP) is 0.835. The molecule has 1 amide bonds. The molecule has 3 N–H and O–H groups in total. The van der Waals surface area contributed by atoms with E-state index < -0.39 is 42.6 Å². The molecule has 0 aliphatic heterocycles. The van der Waals surface area contributed by atoms with E-state index in [1.807, 2.05) is 0 Å². The molecule has 0 unspecified atom stereocenters. The van der Waals surface area contributed by atoms with Crippen LogP contribution in [0.3, 0.4) is 0 Å². The van der Waals surface area contributed by atoms with Crippen molar-refractivity contribution in [3.63, 3.8) is 0 Å². The van der Waals surface area contributed by atoms with Crippen molar-refractivity contribution in [3.05, 3.63) is 0 Å². The predicted molar refractivity (Wildman–Crippen MR) is 57.7 cm³/mol. The number of hydrogen-bond acceptors (Lipinski definition) is 3. The number of carbonyl (C=O) groups is 2. The van der Waals surface area contributed by atoms with Gasteiger partial charge in [0.05, 0.1) is 6.04 Å². The number of aliphatic carboxylic acids is 1. The number of amides is 1. The molecule has 0 saturated heterocycles. The van der Waals surface area contributed by atoms with Gasteiger partial charge in [-0.15, -0.1) is 0 Å². The minimum Gasteiger partial charge on any atom is -0.480 e. The number of carbonyl (C=O) groups excluding carboxylic acids is 1. The Kier molecular flexibility index (Phi) is 5.15. The van der Waals surface area contributed by atoms with Gasteiger partial charge in [0, 0.05) is 0 Å². The second-order valence-electron chi connectivity index (χ2n) is 5.05. The number of alkyl halides is 3. The summed E-state index contributed by atoms with van der Waals surface area (Å²) in [6.07, 6.45) is -4.66. The van der Waals surface area contributed by atoms with Gasteiger partial charge in [-0.1, -0.05) is 20.8 Å². The van der Waals surface area contributed by atoms with E-state index in [2.05, 4.69) is 0 Å². The Morgan fingerprint density at radius 3 is 2.00 bits per heavy atom. The van der Waals surface area contributed by atoms with Gasteiger partial charge in [0.1, 0.15) is 13.1 Å². The number of nitrogens with two attached hydrogens (primary N) is 1. The Hall–Kier alpha value is -1.31. The van der Waals surface area contributed by atoms with Crippen molar-refractivity contribution in [2.75, 3.05) is 13.1 Å². The van der Waals surface area contributed by atoms with Gasteiger partial charge in [-0.05, 0) is 5.41 Å². The van der Waals surface area contributed by atoms with Crippen LogP contribution in [-0.4, -0.2) is 47.2 Å². The van der Waals surface area contributed by atoms with Crippen molar-refractivity contribution in [1.29, 1.82) is 0 Å². The van der Waals surface area contributed by atoms with Crippen molar-refractivity contribution in [2.24, 2.45) is 11.1 Å². The molecule has 0 spiro atoms. The fourth-order valence-corrected chi connectivity index (χ4v) is 1.16. The molecule has 1 atom stereocenters. The molecule has 0 bridgehead atoms. The van der Waals surface area contributed by atoms with Gasteiger partial charge < -0.3 is 15.7 Å². The Morgan fingerprint density at radius 1 is 1.28 bits per heavy atom. The number of nitrogens with zero attached hydrogens (tertiary/aromatic N) is 1. The number of carboxylic acid groups (broad SMARTS) is 1. The third-order valence-electron chi connectivity index (χ3n) is 2.21. The first-order valence-electron chi connectivity index (χ1n) is 5.17. The van der Waals surface area contributed by atoms with Crippen molar-refractivity contribution in [1.82, 2.24) is 4.90 Å². The zero-order valence-corrected chi connectivity index (χ0v) is 10.4. The van der Waals surface area contributed by atoms with Crippen LogP contribution >= 0.6 is 0 Å². The van der Waals surface area contributed by atoms with Crippen LogP contribution in [0.2, 0.25) is 0 Å². The molecular weight excluding hydrogens is 253 g/mol. The number of hydrogen-bond donors (Lipinski definition) is 2. The average molecular weight is 270 g/mol. The summed E-state index contributed by atoms with van der Waals surface area (Å²) in [6, 6.07) is -1.20. The van der Waals surface area contributed by atoms with Crippen LogP contribution in [0.1, 0.15) is 20.8 Å². The van der Waals surface area contributed by atoms with Crippen molar-refractivity contribution < 1.29 is 27.9 Å². The summed E-state index contributed by atoms with van der Waals surface area (Å²) in [7, 11) is 0. The molecule has 0 aliphatic carbocycles. The third kappa shape index (κ3) is 5.85. The van der Waals surface area contributed by atoms with Crippen molar-refractivity contribution in [3.8, 4) is 0 Å². The molecule has 106 valence electrons. The smallest absolute Gasteiger partial charge is 0.406 e. The fourth-order valence-electron chi connectivity index (χ4n) is 1.16. The largest absolute Gasteiger partial charge is 0.480 e. The zero-order chi connectivity index (χ0) is 14.7. The monoisotopic (exact) mass is 270 g/mol. The Bertz CT molecular complexity index is 323.